The standard InChI is InChI=1S/C22H36N2O4.ClH/c1-5-7-13-24(14-8-6-2)15-10-16-27-22(26)20-18(11-9-12-19(20)23)21(25)28-17(3)4;/h9,11-12,17H,5-8,10,13-16,23H2,1-4H3;1H. The number of hydrogen-bond donors (Lipinski definition) is 1. The highest BCUT2D eigenvalue weighted by molar-refractivity contribution is 6.06. The zero-order chi connectivity index (χ0) is 20.9. The van der Waals surface area contributed by atoms with Gasteiger partial charge in [-0.15, -0.1) is 12.4 Å². The van der Waals surface area contributed by atoms with Gasteiger partial charge in [0.15, 0.2) is 0 Å². The molecule has 7 heteroatoms. The number of anilines is 1. The second-order valence-corrected chi connectivity index (χ2v) is 7.26. The molecular weight excluding hydrogens is 392 g/mol. The smallest absolute Gasteiger partial charge is 0.341 e. The highest BCUT2D eigenvalue weighted by atomic mass is 35.5. The molecule has 0 aliphatic carbocycles. The van der Waals surface area contributed by atoms with Crippen LogP contribution in [0.3, 0.4) is 0 Å². The summed E-state index contributed by atoms with van der Waals surface area (Å²) in [6, 6.07) is 4.75. The van der Waals surface area contributed by atoms with Crippen LogP contribution in [0, 0.1) is 0 Å². The molecule has 0 radical (unpaired) electrons. The predicted octanol–water partition coefficient (Wildman–Crippen LogP) is 4.70. The van der Waals surface area contributed by atoms with Crippen LogP contribution in [-0.4, -0.2) is 49.2 Å². The number of esters is 2. The monoisotopic (exact) mass is 428 g/mol. The molecule has 1 aromatic carbocycles. The Morgan fingerprint density at radius 2 is 1.59 bits per heavy atom. The molecule has 0 atom stereocenters. The van der Waals surface area contributed by atoms with Crippen LogP contribution in [0.2, 0.25) is 0 Å². The van der Waals surface area contributed by atoms with E-state index >= 15 is 0 Å². The molecule has 0 fully saturated rings. The first-order valence-electron chi connectivity index (χ1n) is 10.4. The second kappa shape index (κ2) is 15.1. The molecule has 0 aliphatic rings. The SMILES string of the molecule is CCCCN(CCCC)CCCOC(=O)c1c(N)cccc1C(=O)OC(C)C.Cl. The van der Waals surface area contributed by atoms with Crippen molar-refractivity contribution in [3.63, 3.8) is 0 Å². The topological polar surface area (TPSA) is 81.9 Å². The molecule has 0 bridgehead atoms. The first-order valence-corrected chi connectivity index (χ1v) is 10.4. The third-order valence-corrected chi connectivity index (χ3v) is 4.37. The van der Waals surface area contributed by atoms with Crippen molar-refractivity contribution in [1.29, 1.82) is 0 Å². The number of hydrogen-bond acceptors (Lipinski definition) is 6. The highest BCUT2D eigenvalue weighted by Gasteiger charge is 2.22. The molecule has 6 nitrogen and oxygen atoms in total. The van der Waals surface area contributed by atoms with Crippen molar-refractivity contribution in [3.05, 3.63) is 29.3 Å². The first-order chi connectivity index (χ1) is 13.4. The summed E-state index contributed by atoms with van der Waals surface area (Å²) < 4.78 is 10.6. The molecular formula is C22H37ClN2O4. The van der Waals surface area contributed by atoms with Gasteiger partial charge in [0.1, 0.15) is 0 Å². The summed E-state index contributed by atoms with van der Waals surface area (Å²) in [6.07, 6.45) is 5.14. The maximum atomic E-state index is 12.5. The molecule has 0 amide bonds. The normalized spacial score (nSPS) is 10.7. The van der Waals surface area contributed by atoms with Gasteiger partial charge in [-0.25, -0.2) is 9.59 Å². The Balaban J connectivity index is 0.00000784. The lowest BCUT2D eigenvalue weighted by atomic mass is 10.1. The maximum Gasteiger partial charge on any atom is 0.341 e. The minimum atomic E-state index is -0.581. The zero-order valence-electron chi connectivity index (χ0n) is 18.2. The van der Waals surface area contributed by atoms with Gasteiger partial charge in [-0.2, -0.15) is 0 Å². The summed E-state index contributed by atoms with van der Waals surface area (Å²) >= 11 is 0. The van der Waals surface area contributed by atoms with E-state index in [0.29, 0.717) is 6.61 Å². The Kier molecular flexibility index (Phi) is 14.2. The van der Waals surface area contributed by atoms with Gasteiger partial charge in [0.25, 0.3) is 0 Å². The van der Waals surface area contributed by atoms with E-state index < -0.39 is 11.9 Å². The quantitative estimate of drug-likeness (QED) is 0.278. The van der Waals surface area contributed by atoms with Crippen LogP contribution in [0.15, 0.2) is 18.2 Å². The lowest BCUT2D eigenvalue weighted by Crippen LogP contribution is -2.28. The van der Waals surface area contributed by atoms with E-state index in [0.717, 1.165) is 26.1 Å². The molecule has 1 rings (SSSR count). The van der Waals surface area contributed by atoms with E-state index in [2.05, 4.69) is 18.7 Å². The van der Waals surface area contributed by atoms with Crippen molar-refractivity contribution in [2.24, 2.45) is 0 Å². The lowest BCUT2D eigenvalue weighted by Gasteiger charge is -2.21. The van der Waals surface area contributed by atoms with Gasteiger partial charge in [-0.1, -0.05) is 32.8 Å². The third-order valence-electron chi connectivity index (χ3n) is 4.37. The van der Waals surface area contributed by atoms with Crippen LogP contribution < -0.4 is 5.73 Å². The number of unbranched alkanes of at least 4 members (excludes halogenated alkanes) is 2. The van der Waals surface area contributed by atoms with Gasteiger partial charge in [-0.05, 0) is 58.3 Å². The summed E-state index contributed by atoms with van der Waals surface area (Å²) in [7, 11) is 0. The van der Waals surface area contributed by atoms with Crippen molar-refractivity contribution in [2.75, 3.05) is 32.0 Å². The van der Waals surface area contributed by atoms with Crippen molar-refractivity contribution in [2.45, 2.75) is 65.9 Å². The van der Waals surface area contributed by atoms with E-state index in [4.69, 9.17) is 15.2 Å². The molecule has 29 heavy (non-hydrogen) atoms. The summed E-state index contributed by atoms with van der Waals surface area (Å²) in [6.45, 7) is 11.2. The van der Waals surface area contributed by atoms with Crippen LogP contribution in [-0.2, 0) is 9.47 Å². The maximum absolute atomic E-state index is 12.5. The van der Waals surface area contributed by atoms with Gasteiger partial charge in [0, 0.05) is 12.2 Å². The van der Waals surface area contributed by atoms with Crippen LogP contribution in [0.1, 0.15) is 80.5 Å². The number of nitrogen functional groups attached to an aromatic ring is 1. The average molecular weight is 429 g/mol. The van der Waals surface area contributed by atoms with Crippen molar-refractivity contribution < 1.29 is 19.1 Å². The van der Waals surface area contributed by atoms with E-state index in [-0.39, 0.29) is 35.3 Å². The molecule has 0 saturated carbocycles. The number of halogens is 1. The van der Waals surface area contributed by atoms with E-state index in [1.807, 2.05) is 0 Å². The summed E-state index contributed by atoms with van der Waals surface area (Å²) in [5.74, 6) is -1.15. The number of nitrogens with two attached hydrogens (primary N) is 1. The number of carbonyl (C=O) groups is 2. The van der Waals surface area contributed by atoms with Gasteiger partial charge in [-0.3, -0.25) is 0 Å². The number of carbonyl (C=O) groups excluding carboxylic acids is 2. The Bertz CT molecular complexity index is 615. The fourth-order valence-electron chi connectivity index (χ4n) is 2.87. The predicted molar refractivity (Wildman–Crippen MR) is 120 cm³/mol. The van der Waals surface area contributed by atoms with Crippen molar-refractivity contribution in [3.8, 4) is 0 Å². The molecule has 0 spiro atoms. The van der Waals surface area contributed by atoms with Crippen molar-refractivity contribution >= 4 is 30.0 Å². The molecule has 0 aromatic heterocycles. The fraction of sp³-hybridized carbons (Fsp3) is 0.636. The van der Waals surface area contributed by atoms with Crippen LogP contribution in [0.5, 0.6) is 0 Å². The van der Waals surface area contributed by atoms with Crippen LogP contribution >= 0.6 is 12.4 Å². The number of benzene rings is 1. The van der Waals surface area contributed by atoms with Crippen molar-refractivity contribution in [1.82, 2.24) is 4.90 Å². The molecule has 0 heterocycles. The minimum absolute atomic E-state index is 0. The Hall–Kier alpha value is -1.79. The minimum Gasteiger partial charge on any atom is -0.462 e. The molecule has 2 N–H and O–H groups in total. The van der Waals surface area contributed by atoms with Crippen LogP contribution in [0.4, 0.5) is 5.69 Å². The van der Waals surface area contributed by atoms with Gasteiger partial charge in [0.2, 0.25) is 0 Å². The van der Waals surface area contributed by atoms with Crippen LogP contribution in [0.25, 0.3) is 0 Å². The average Bonchev–Trinajstić information content (AvgIpc) is 2.65. The largest absolute Gasteiger partial charge is 0.462 e. The number of rotatable bonds is 13. The zero-order valence-corrected chi connectivity index (χ0v) is 19.1. The molecule has 0 saturated heterocycles. The molecule has 0 aliphatic heterocycles. The molecule has 1 aromatic rings. The third kappa shape index (κ3) is 9.99. The van der Waals surface area contributed by atoms with Gasteiger partial charge in [0.05, 0.1) is 23.8 Å². The highest BCUT2D eigenvalue weighted by Crippen LogP contribution is 2.20. The molecule has 0 unspecified atom stereocenters. The Labute approximate surface area is 181 Å². The fourth-order valence-corrected chi connectivity index (χ4v) is 2.87. The van der Waals surface area contributed by atoms with Gasteiger partial charge < -0.3 is 20.1 Å². The summed E-state index contributed by atoms with van der Waals surface area (Å²) in [5.41, 5.74) is 6.38. The van der Waals surface area contributed by atoms with E-state index in [9.17, 15) is 9.59 Å². The second-order valence-electron chi connectivity index (χ2n) is 7.26. The van der Waals surface area contributed by atoms with Gasteiger partial charge >= 0.3 is 11.9 Å². The lowest BCUT2D eigenvalue weighted by molar-refractivity contribution is 0.0360. The molecule has 166 valence electrons. The van der Waals surface area contributed by atoms with E-state index in [1.54, 1.807) is 26.0 Å². The Morgan fingerprint density at radius 1 is 1.00 bits per heavy atom. The summed E-state index contributed by atoms with van der Waals surface area (Å²) in [5, 5.41) is 0. The number of nitrogens with zero attached hydrogens (tertiary/aromatic N) is 1. The summed E-state index contributed by atoms with van der Waals surface area (Å²) in [4.78, 5) is 27.2. The van der Waals surface area contributed by atoms with E-state index in [1.165, 1.54) is 31.7 Å². The Morgan fingerprint density at radius 3 is 2.14 bits per heavy atom. The first kappa shape index (κ1) is 27.2. The number of ether oxygens (including phenoxy) is 2.